The number of phenols is 1. The largest absolute Gasteiger partial charge is 0.504 e. The topological polar surface area (TPSA) is 102 Å². The zero-order chi connectivity index (χ0) is 24.9. The fraction of sp³-hybridized carbons (Fsp3) is 0.360. The van der Waals surface area contributed by atoms with Crippen LogP contribution in [0.1, 0.15) is 45.7 Å². The highest BCUT2D eigenvalue weighted by Crippen LogP contribution is 2.28. The minimum absolute atomic E-state index is 0.0454. The van der Waals surface area contributed by atoms with Crippen LogP contribution in [0.25, 0.3) is 11.4 Å². The predicted octanol–water partition coefficient (Wildman–Crippen LogP) is 4.61. The highest BCUT2D eigenvalue weighted by Gasteiger charge is 2.17. The predicted molar refractivity (Wildman–Crippen MR) is 136 cm³/mol. The number of nitrogens with one attached hydrogen (secondary N) is 1. The molecule has 9 heteroatoms. The van der Waals surface area contributed by atoms with E-state index in [2.05, 4.69) is 65.8 Å². The third-order valence-electron chi connectivity index (χ3n) is 5.32. The highest BCUT2D eigenvalue weighted by atomic mass is 32.2. The molecule has 1 heterocycles. The summed E-state index contributed by atoms with van der Waals surface area (Å²) in [5, 5.41) is 23.2. The van der Waals surface area contributed by atoms with Crippen LogP contribution in [-0.4, -0.2) is 44.4 Å². The molecule has 1 aromatic heterocycles. The number of amides is 1. The second-order valence-corrected chi connectivity index (χ2v) is 9.73. The molecule has 180 valence electrons. The molecule has 34 heavy (non-hydrogen) atoms. The number of ether oxygens (including phenoxy) is 1. The van der Waals surface area contributed by atoms with Crippen molar-refractivity contribution in [1.82, 2.24) is 20.2 Å². The van der Waals surface area contributed by atoms with Crippen LogP contribution in [0.4, 0.5) is 0 Å². The van der Waals surface area contributed by atoms with Gasteiger partial charge in [-0.3, -0.25) is 4.79 Å². The molecule has 0 spiro atoms. The molecule has 3 aromatic rings. The number of phenolic OH excluding ortho intramolecular Hbond substituents is 1. The number of rotatable bonds is 8. The molecule has 0 aliphatic carbocycles. The molecule has 1 amide bonds. The maximum Gasteiger partial charge on any atom is 0.250 e. The SMILES string of the molecule is CCn1c(SCC(=O)NN=C(C)c2ccc(O)c(OC)c2)nnc1-c1ccc(C(C)(C)C)cc1. The second kappa shape index (κ2) is 10.7. The van der Waals surface area contributed by atoms with E-state index in [0.717, 1.165) is 17.0 Å². The summed E-state index contributed by atoms with van der Waals surface area (Å²) < 4.78 is 7.12. The number of hydrogen-bond donors (Lipinski definition) is 2. The van der Waals surface area contributed by atoms with Gasteiger partial charge < -0.3 is 14.4 Å². The van der Waals surface area contributed by atoms with E-state index in [1.54, 1.807) is 19.1 Å². The number of hydrazone groups is 1. The van der Waals surface area contributed by atoms with Gasteiger partial charge in [-0.15, -0.1) is 10.2 Å². The van der Waals surface area contributed by atoms with Gasteiger partial charge in [0.15, 0.2) is 22.5 Å². The Hall–Kier alpha value is -3.33. The van der Waals surface area contributed by atoms with Crippen LogP contribution in [0.5, 0.6) is 11.5 Å². The van der Waals surface area contributed by atoms with Gasteiger partial charge >= 0.3 is 0 Å². The van der Waals surface area contributed by atoms with Crippen molar-refractivity contribution in [2.45, 2.75) is 51.7 Å². The average Bonchev–Trinajstić information content (AvgIpc) is 3.24. The summed E-state index contributed by atoms with van der Waals surface area (Å²) in [6.45, 7) is 11.0. The third kappa shape index (κ3) is 5.96. The monoisotopic (exact) mass is 481 g/mol. The molecule has 0 radical (unpaired) electrons. The third-order valence-corrected chi connectivity index (χ3v) is 6.29. The number of carbonyl (C=O) groups excluding carboxylic acids is 1. The molecule has 0 fully saturated rings. The zero-order valence-corrected chi connectivity index (χ0v) is 21.2. The number of methoxy groups -OCH3 is 1. The Labute approximate surface area is 204 Å². The zero-order valence-electron chi connectivity index (χ0n) is 20.4. The van der Waals surface area contributed by atoms with E-state index < -0.39 is 0 Å². The molecular weight excluding hydrogens is 450 g/mol. The highest BCUT2D eigenvalue weighted by molar-refractivity contribution is 7.99. The van der Waals surface area contributed by atoms with E-state index in [1.807, 2.05) is 11.5 Å². The minimum atomic E-state index is -0.253. The molecule has 2 aromatic carbocycles. The van der Waals surface area contributed by atoms with Crippen LogP contribution >= 0.6 is 11.8 Å². The second-order valence-electron chi connectivity index (χ2n) is 8.79. The van der Waals surface area contributed by atoms with Crippen molar-refractivity contribution < 1.29 is 14.6 Å². The normalized spacial score (nSPS) is 12.0. The van der Waals surface area contributed by atoms with Crippen molar-refractivity contribution in [1.29, 1.82) is 0 Å². The maximum atomic E-state index is 12.4. The van der Waals surface area contributed by atoms with Crippen LogP contribution in [-0.2, 0) is 16.8 Å². The van der Waals surface area contributed by atoms with E-state index in [0.29, 0.717) is 23.2 Å². The molecule has 2 N–H and O–H groups in total. The molecule has 0 saturated carbocycles. The lowest BCUT2D eigenvalue weighted by Crippen LogP contribution is -2.21. The summed E-state index contributed by atoms with van der Waals surface area (Å²) in [4.78, 5) is 12.4. The van der Waals surface area contributed by atoms with Gasteiger partial charge in [0.25, 0.3) is 5.91 Å². The van der Waals surface area contributed by atoms with Gasteiger partial charge in [-0.25, -0.2) is 5.43 Å². The van der Waals surface area contributed by atoms with E-state index in [1.165, 1.54) is 30.5 Å². The number of thioether (sulfide) groups is 1. The van der Waals surface area contributed by atoms with Crippen molar-refractivity contribution in [3.8, 4) is 22.9 Å². The quantitative estimate of drug-likeness (QED) is 0.277. The Balaban J connectivity index is 1.65. The van der Waals surface area contributed by atoms with Gasteiger partial charge in [-0.05, 0) is 43.0 Å². The molecule has 8 nitrogen and oxygen atoms in total. The van der Waals surface area contributed by atoms with Crippen molar-refractivity contribution in [2.24, 2.45) is 5.10 Å². The van der Waals surface area contributed by atoms with Gasteiger partial charge in [0.05, 0.1) is 18.6 Å². The first-order valence-electron chi connectivity index (χ1n) is 11.0. The van der Waals surface area contributed by atoms with Gasteiger partial charge in [-0.2, -0.15) is 5.10 Å². The molecular formula is C25H31N5O3S. The van der Waals surface area contributed by atoms with Crippen LogP contribution in [0.2, 0.25) is 0 Å². The Bertz CT molecular complexity index is 1180. The van der Waals surface area contributed by atoms with Gasteiger partial charge in [0.1, 0.15) is 0 Å². The van der Waals surface area contributed by atoms with Crippen molar-refractivity contribution >= 4 is 23.4 Å². The number of aromatic hydroxyl groups is 1. The average molecular weight is 482 g/mol. The lowest BCUT2D eigenvalue weighted by Gasteiger charge is -2.19. The summed E-state index contributed by atoms with van der Waals surface area (Å²) in [7, 11) is 1.48. The van der Waals surface area contributed by atoms with E-state index in [9.17, 15) is 9.90 Å². The van der Waals surface area contributed by atoms with E-state index >= 15 is 0 Å². The summed E-state index contributed by atoms with van der Waals surface area (Å²) >= 11 is 1.31. The molecule has 3 rings (SSSR count). The van der Waals surface area contributed by atoms with Gasteiger partial charge in [-0.1, -0.05) is 56.8 Å². The summed E-state index contributed by atoms with van der Waals surface area (Å²) in [5.74, 6) is 1.06. The minimum Gasteiger partial charge on any atom is -0.504 e. The molecule has 0 bridgehead atoms. The summed E-state index contributed by atoms with van der Waals surface area (Å²) in [6, 6.07) is 13.3. The number of hydrogen-bond acceptors (Lipinski definition) is 7. The number of benzene rings is 2. The molecule has 0 aliphatic heterocycles. The van der Waals surface area contributed by atoms with Crippen LogP contribution in [0, 0.1) is 0 Å². The van der Waals surface area contributed by atoms with Crippen molar-refractivity contribution in [2.75, 3.05) is 12.9 Å². The first-order valence-corrected chi connectivity index (χ1v) is 12.0. The lowest BCUT2D eigenvalue weighted by molar-refractivity contribution is -0.118. The Morgan fingerprint density at radius 2 is 1.88 bits per heavy atom. The van der Waals surface area contributed by atoms with E-state index in [-0.39, 0.29) is 22.8 Å². The molecule has 0 atom stereocenters. The molecule has 0 aliphatic rings. The van der Waals surface area contributed by atoms with E-state index in [4.69, 9.17) is 4.74 Å². The Morgan fingerprint density at radius 3 is 2.50 bits per heavy atom. The maximum absolute atomic E-state index is 12.4. The van der Waals surface area contributed by atoms with Crippen LogP contribution in [0.3, 0.4) is 0 Å². The standard InChI is InChI=1S/C25H31N5O3S/c1-7-30-23(17-8-11-19(12-9-17)25(3,4)5)28-29-24(30)34-15-22(32)27-26-16(2)18-10-13-20(31)21(14-18)33-6/h8-14,31H,7,15H2,1-6H3,(H,27,32). The Morgan fingerprint density at radius 1 is 1.18 bits per heavy atom. The summed E-state index contributed by atoms with van der Waals surface area (Å²) in [6.07, 6.45) is 0. The van der Waals surface area contributed by atoms with Crippen molar-refractivity contribution in [3.05, 3.63) is 53.6 Å². The lowest BCUT2D eigenvalue weighted by atomic mass is 9.87. The molecule has 0 saturated heterocycles. The smallest absolute Gasteiger partial charge is 0.250 e. The van der Waals surface area contributed by atoms with Crippen LogP contribution < -0.4 is 10.2 Å². The Kier molecular flexibility index (Phi) is 7.98. The fourth-order valence-electron chi connectivity index (χ4n) is 3.29. The van der Waals surface area contributed by atoms with Crippen molar-refractivity contribution in [3.63, 3.8) is 0 Å². The number of nitrogens with zero attached hydrogens (tertiary/aromatic N) is 4. The van der Waals surface area contributed by atoms with Crippen LogP contribution in [0.15, 0.2) is 52.7 Å². The number of aromatic nitrogens is 3. The van der Waals surface area contributed by atoms with Gasteiger partial charge in [0, 0.05) is 17.7 Å². The fourth-order valence-corrected chi connectivity index (χ4v) is 4.08. The molecule has 0 unspecified atom stereocenters. The van der Waals surface area contributed by atoms with Gasteiger partial charge in [0.2, 0.25) is 0 Å². The first kappa shape index (κ1) is 25.3. The number of carbonyl (C=O) groups is 1. The first-order chi connectivity index (χ1) is 16.1. The summed E-state index contributed by atoms with van der Waals surface area (Å²) in [5.41, 5.74) is 6.22.